The molecule has 0 aliphatic rings. The van der Waals surface area contributed by atoms with E-state index in [9.17, 15) is 18.4 Å². The van der Waals surface area contributed by atoms with E-state index in [1.165, 1.54) is 11.0 Å². The highest BCUT2D eigenvalue weighted by atomic mass is 19.1. The van der Waals surface area contributed by atoms with Crippen molar-refractivity contribution in [3.8, 4) is 0 Å². The Kier molecular flexibility index (Phi) is 5.28. The van der Waals surface area contributed by atoms with Crippen LogP contribution in [0.3, 0.4) is 0 Å². The summed E-state index contributed by atoms with van der Waals surface area (Å²) in [6, 6.07) is 8.65. The fraction of sp³-hybridized carbons (Fsp3) is 0.190. The lowest BCUT2D eigenvalue weighted by molar-refractivity contribution is -0.116. The maximum Gasteiger partial charge on any atom is 0.283 e. The van der Waals surface area contributed by atoms with Crippen molar-refractivity contribution in [2.75, 3.05) is 5.32 Å². The third kappa shape index (κ3) is 4.18. The molecule has 1 N–H and O–H groups in total. The Morgan fingerprint density at radius 1 is 1.13 bits per heavy atom. The number of hydrogen-bond donors (Lipinski definition) is 1. The van der Waals surface area contributed by atoms with Gasteiger partial charge >= 0.3 is 0 Å². The number of anilines is 1. The molecule has 0 saturated carbocycles. The second-order valence-electron chi connectivity index (χ2n) is 7.17. The van der Waals surface area contributed by atoms with Crippen LogP contribution in [-0.4, -0.2) is 30.5 Å². The summed E-state index contributed by atoms with van der Waals surface area (Å²) in [6.45, 7) is 3.56. The average Bonchev–Trinajstić information content (AvgIpc) is 3.10. The second-order valence-corrected chi connectivity index (χ2v) is 7.17. The number of hydrogen-bond acceptors (Lipinski definition) is 5. The number of amides is 1. The molecule has 2 aromatic carbocycles. The molecule has 0 unspecified atom stereocenters. The first-order valence-corrected chi connectivity index (χ1v) is 9.41. The van der Waals surface area contributed by atoms with Gasteiger partial charge in [0.1, 0.15) is 24.5 Å². The van der Waals surface area contributed by atoms with E-state index in [-0.39, 0.29) is 30.2 Å². The molecular weight excluding hydrogens is 406 g/mol. The van der Waals surface area contributed by atoms with Gasteiger partial charge in [0.25, 0.3) is 5.56 Å². The minimum absolute atomic E-state index is 0.0191. The Hall–Kier alpha value is -3.95. The maximum atomic E-state index is 13.4. The molecule has 0 bridgehead atoms. The van der Waals surface area contributed by atoms with Crippen molar-refractivity contribution < 1.29 is 13.6 Å². The molecule has 4 rings (SSSR count). The number of aromatic nitrogens is 5. The number of fused-ring (bicyclic) bond motifs is 1. The molecule has 2 heterocycles. The molecule has 0 aliphatic heterocycles. The number of benzene rings is 2. The topological polar surface area (TPSA) is 94.7 Å². The summed E-state index contributed by atoms with van der Waals surface area (Å²) < 4.78 is 29.2. The van der Waals surface area contributed by atoms with Crippen molar-refractivity contribution >= 4 is 22.8 Å². The molecule has 1 amide bonds. The second kappa shape index (κ2) is 8.05. The monoisotopic (exact) mass is 424 g/mol. The van der Waals surface area contributed by atoms with Gasteiger partial charge in [0.15, 0.2) is 11.2 Å². The molecule has 4 aromatic rings. The van der Waals surface area contributed by atoms with Gasteiger partial charge in [-0.3, -0.25) is 14.2 Å². The largest absolute Gasteiger partial charge is 0.324 e. The first kappa shape index (κ1) is 20.3. The van der Waals surface area contributed by atoms with Gasteiger partial charge in [-0.15, -0.1) is 5.10 Å². The number of halogens is 2. The van der Waals surface area contributed by atoms with E-state index in [2.05, 4.69) is 20.6 Å². The zero-order valence-corrected chi connectivity index (χ0v) is 16.8. The molecule has 8 nitrogen and oxygen atoms in total. The van der Waals surface area contributed by atoms with E-state index >= 15 is 0 Å². The standard InChI is InChI=1S/C21H18F2N6O2/c1-12-4-3-5-17(13(12)2)25-18(30)10-28-11-24-20-19(21(28)31)26-27-29(20)9-14-6-15(22)8-16(23)7-14/h3-8,11H,9-10H2,1-2H3,(H,25,30). The molecule has 10 heteroatoms. The van der Waals surface area contributed by atoms with Gasteiger partial charge in [0.05, 0.1) is 6.54 Å². The molecule has 158 valence electrons. The SMILES string of the molecule is Cc1cccc(NC(=O)Cn2cnc3c(nnn3Cc3cc(F)cc(F)c3)c2=O)c1C. The average molecular weight is 424 g/mol. The Morgan fingerprint density at radius 3 is 2.61 bits per heavy atom. The van der Waals surface area contributed by atoms with Crippen molar-refractivity contribution in [3.05, 3.63) is 81.4 Å². The zero-order chi connectivity index (χ0) is 22.1. The Balaban J connectivity index is 1.56. The minimum atomic E-state index is -0.718. The van der Waals surface area contributed by atoms with Crippen LogP contribution in [0.25, 0.3) is 11.2 Å². The van der Waals surface area contributed by atoms with Crippen LogP contribution >= 0.6 is 0 Å². The number of rotatable bonds is 5. The summed E-state index contributed by atoms with van der Waals surface area (Å²) in [7, 11) is 0. The highest BCUT2D eigenvalue weighted by Crippen LogP contribution is 2.18. The van der Waals surface area contributed by atoms with Crippen LogP contribution in [0, 0.1) is 25.5 Å². The van der Waals surface area contributed by atoms with Crippen LogP contribution in [0.1, 0.15) is 16.7 Å². The fourth-order valence-corrected chi connectivity index (χ4v) is 3.21. The third-order valence-corrected chi connectivity index (χ3v) is 4.94. The van der Waals surface area contributed by atoms with Crippen LogP contribution in [0.15, 0.2) is 47.5 Å². The summed E-state index contributed by atoms with van der Waals surface area (Å²) in [6.07, 6.45) is 1.22. The van der Waals surface area contributed by atoms with Crippen LogP contribution < -0.4 is 10.9 Å². The van der Waals surface area contributed by atoms with E-state index in [4.69, 9.17) is 0 Å². The summed E-state index contributed by atoms with van der Waals surface area (Å²) in [5.41, 5.74) is 2.52. The maximum absolute atomic E-state index is 13.4. The lowest BCUT2D eigenvalue weighted by Crippen LogP contribution is -2.28. The number of nitrogens with zero attached hydrogens (tertiary/aromatic N) is 5. The molecule has 0 aliphatic carbocycles. The molecule has 0 radical (unpaired) electrons. The van der Waals surface area contributed by atoms with Gasteiger partial charge in [-0.1, -0.05) is 17.3 Å². The van der Waals surface area contributed by atoms with Crippen molar-refractivity contribution in [1.82, 2.24) is 24.5 Å². The summed E-state index contributed by atoms with van der Waals surface area (Å²) in [4.78, 5) is 29.3. The minimum Gasteiger partial charge on any atom is -0.324 e. The van der Waals surface area contributed by atoms with Crippen LogP contribution in [0.5, 0.6) is 0 Å². The highest BCUT2D eigenvalue weighted by molar-refractivity contribution is 5.91. The van der Waals surface area contributed by atoms with E-state index in [1.54, 1.807) is 6.07 Å². The van der Waals surface area contributed by atoms with Gasteiger partial charge in [-0.25, -0.2) is 18.4 Å². The van der Waals surface area contributed by atoms with E-state index in [0.29, 0.717) is 11.3 Å². The molecule has 0 spiro atoms. The molecule has 0 atom stereocenters. The summed E-state index contributed by atoms with van der Waals surface area (Å²) in [5.74, 6) is -1.83. The van der Waals surface area contributed by atoms with Crippen molar-refractivity contribution in [2.24, 2.45) is 0 Å². The lowest BCUT2D eigenvalue weighted by atomic mass is 10.1. The van der Waals surface area contributed by atoms with Crippen molar-refractivity contribution in [2.45, 2.75) is 26.9 Å². The van der Waals surface area contributed by atoms with Crippen LogP contribution in [0.4, 0.5) is 14.5 Å². The van der Waals surface area contributed by atoms with Crippen molar-refractivity contribution in [1.29, 1.82) is 0 Å². The predicted molar refractivity (Wildman–Crippen MR) is 110 cm³/mol. The summed E-state index contributed by atoms with van der Waals surface area (Å²) >= 11 is 0. The predicted octanol–water partition coefficient (Wildman–Crippen LogP) is 2.57. The number of carbonyl (C=O) groups is 1. The number of aryl methyl sites for hydroxylation is 1. The first-order valence-electron chi connectivity index (χ1n) is 9.41. The van der Waals surface area contributed by atoms with Crippen LogP contribution in [0.2, 0.25) is 0 Å². The lowest BCUT2D eigenvalue weighted by Gasteiger charge is -2.11. The molecule has 2 aromatic heterocycles. The Bertz CT molecular complexity index is 1340. The molecule has 31 heavy (non-hydrogen) atoms. The number of carbonyl (C=O) groups excluding carboxylic acids is 1. The fourth-order valence-electron chi connectivity index (χ4n) is 3.21. The third-order valence-electron chi connectivity index (χ3n) is 4.94. The molecule has 0 fully saturated rings. The van der Waals surface area contributed by atoms with E-state index in [0.717, 1.165) is 33.9 Å². The summed E-state index contributed by atoms with van der Waals surface area (Å²) in [5, 5.41) is 10.5. The van der Waals surface area contributed by atoms with Crippen molar-refractivity contribution in [3.63, 3.8) is 0 Å². The number of nitrogens with one attached hydrogen (secondary N) is 1. The van der Waals surface area contributed by atoms with Gasteiger partial charge in [-0.05, 0) is 48.7 Å². The van der Waals surface area contributed by atoms with Gasteiger partial charge in [0, 0.05) is 11.8 Å². The zero-order valence-electron chi connectivity index (χ0n) is 16.8. The molecule has 0 saturated heterocycles. The van der Waals surface area contributed by atoms with Gasteiger partial charge in [-0.2, -0.15) is 0 Å². The Labute approximate surface area is 175 Å². The normalized spacial score (nSPS) is 11.1. The quantitative estimate of drug-likeness (QED) is 0.531. The van der Waals surface area contributed by atoms with Gasteiger partial charge < -0.3 is 5.32 Å². The van der Waals surface area contributed by atoms with Crippen LogP contribution in [-0.2, 0) is 17.9 Å². The smallest absolute Gasteiger partial charge is 0.283 e. The highest BCUT2D eigenvalue weighted by Gasteiger charge is 2.15. The first-order chi connectivity index (χ1) is 14.8. The van der Waals surface area contributed by atoms with E-state index < -0.39 is 17.2 Å². The molecular formula is C21H18F2N6O2. The van der Waals surface area contributed by atoms with Gasteiger partial charge in [0.2, 0.25) is 5.91 Å². The van der Waals surface area contributed by atoms with E-state index in [1.807, 2.05) is 26.0 Å². The Morgan fingerprint density at radius 2 is 1.87 bits per heavy atom.